The Morgan fingerprint density at radius 3 is 2.40 bits per heavy atom. The molecule has 2 fully saturated rings. The van der Waals surface area contributed by atoms with Crippen molar-refractivity contribution in [2.24, 2.45) is 33.7 Å². The number of thiophene rings is 1. The first-order valence-electron chi connectivity index (χ1n) is 17.9. The van der Waals surface area contributed by atoms with Gasteiger partial charge in [-0.3, -0.25) is 20.0 Å². The molecule has 0 radical (unpaired) electrons. The highest BCUT2D eigenvalue weighted by Gasteiger charge is 2.41. The number of aromatic amines is 1. The number of hydrogen-bond acceptors (Lipinski definition) is 10. The summed E-state index contributed by atoms with van der Waals surface area (Å²) in [6, 6.07) is 3.82. The summed E-state index contributed by atoms with van der Waals surface area (Å²) < 4.78 is 9.53. The topological polar surface area (TPSA) is 154 Å². The number of hydrogen-bond donors (Lipinski definition) is 3. The van der Waals surface area contributed by atoms with Crippen LogP contribution in [0.1, 0.15) is 81.7 Å². The predicted octanol–water partition coefficient (Wildman–Crippen LogP) is 4.46. The number of carbonyl (C=O) groups excluding carboxylic acids is 3. The van der Waals surface area contributed by atoms with Gasteiger partial charge in [0.1, 0.15) is 29.1 Å². The van der Waals surface area contributed by atoms with Gasteiger partial charge in [-0.1, -0.05) is 41.5 Å². The van der Waals surface area contributed by atoms with Gasteiger partial charge >= 0.3 is 12.2 Å². The quantitative estimate of drug-likeness (QED) is 0.266. The monoisotopic (exact) mass is 730 g/mol. The van der Waals surface area contributed by atoms with E-state index in [4.69, 9.17) is 14.7 Å². The number of ether oxygens (including phenoxy) is 2. The highest BCUT2D eigenvalue weighted by Crippen LogP contribution is 2.34. The Labute approximate surface area is 310 Å². The minimum atomic E-state index is -0.779. The molecule has 5 rings (SSSR count). The molecule has 3 N–H and O–H groups in total. The SMILES string of the molecule is COC(=O)N=C(C(=O)N1CC(C)CC1C1N=C(C#Cc2ccc(C#Cc3cnc(C4CC(C)CN4CC(NC(=O)OC)C(C)C)[nH]3)s2)CN1)C(C)C. The van der Waals surface area contributed by atoms with E-state index in [9.17, 15) is 14.4 Å². The van der Waals surface area contributed by atoms with Crippen LogP contribution in [0.25, 0.3) is 0 Å². The van der Waals surface area contributed by atoms with E-state index < -0.39 is 12.2 Å². The van der Waals surface area contributed by atoms with Crippen molar-refractivity contribution in [1.82, 2.24) is 30.4 Å². The van der Waals surface area contributed by atoms with Gasteiger partial charge in [0.15, 0.2) is 0 Å². The smallest absolute Gasteiger partial charge is 0.433 e. The largest absolute Gasteiger partial charge is 0.453 e. The zero-order valence-corrected chi connectivity index (χ0v) is 32.1. The second kappa shape index (κ2) is 17.3. The van der Waals surface area contributed by atoms with Crippen LogP contribution in [0.4, 0.5) is 9.59 Å². The van der Waals surface area contributed by atoms with Gasteiger partial charge in [0, 0.05) is 38.1 Å². The second-order valence-electron chi connectivity index (χ2n) is 14.5. The Morgan fingerprint density at radius 2 is 1.73 bits per heavy atom. The average molecular weight is 731 g/mol. The molecular weight excluding hydrogens is 681 g/mol. The molecule has 3 aliphatic heterocycles. The number of amides is 3. The van der Waals surface area contributed by atoms with Gasteiger partial charge in [-0.25, -0.2) is 14.6 Å². The molecule has 52 heavy (non-hydrogen) atoms. The number of nitrogens with one attached hydrogen (secondary N) is 3. The van der Waals surface area contributed by atoms with Gasteiger partial charge < -0.3 is 24.7 Å². The number of alkyl carbamates (subject to hydrolysis) is 1. The molecule has 13 nitrogen and oxygen atoms in total. The van der Waals surface area contributed by atoms with Crippen LogP contribution in [0, 0.1) is 47.4 Å². The molecule has 0 spiro atoms. The standard InChI is InChI=1S/C38H50N8O5S/c1-22(2)30(43-37(48)50-7)21-45-19-24(5)15-31(45)34-39-17-26(41-34)9-11-28-13-14-29(52-28)12-10-27-18-40-35(42-27)32-16-25(6)20-46(32)36(47)33(23(3)4)44-38(49)51-8/h13-14,17,22-25,30-32,35,40H,15-16,18-21H2,1-8H3,(H,39,41)(H,43,48). The van der Waals surface area contributed by atoms with Crippen molar-refractivity contribution in [2.75, 3.05) is 40.4 Å². The number of carbonyl (C=O) groups is 3. The van der Waals surface area contributed by atoms with E-state index in [1.54, 1.807) is 11.1 Å². The van der Waals surface area contributed by atoms with Crippen LogP contribution in [-0.2, 0) is 14.3 Å². The number of aliphatic imine (C=N–C) groups is 2. The van der Waals surface area contributed by atoms with Crippen LogP contribution < -0.4 is 10.6 Å². The molecule has 3 aliphatic rings. The van der Waals surface area contributed by atoms with Gasteiger partial charge in [-0.2, -0.15) is 4.99 Å². The average Bonchev–Trinajstić information content (AvgIpc) is 3.95. The van der Waals surface area contributed by atoms with Gasteiger partial charge in [0.25, 0.3) is 5.91 Å². The molecule has 14 heteroatoms. The molecule has 5 heterocycles. The summed E-state index contributed by atoms with van der Waals surface area (Å²) >= 11 is 1.51. The molecule has 278 valence electrons. The molecule has 0 bridgehead atoms. The number of likely N-dealkylation sites (tertiary alicyclic amines) is 2. The maximum Gasteiger partial charge on any atom is 0.433 e. The molecule has 0 saturated carbocycles. The molecule has 2 saturated heterocycles. The lowest BCUT2D eigenvalue weighted by molar-refractivity contribution is -0.125. The van der Waals surface area contributed by atoms with Crippen molar-refractivity contribution in [3.8, 4) is 23.7 Å². The summed E-state index contributed by atoms with van der Waals surface area (Å²) in [5.74, 6) is 14.3. The van der Waals surface area contributed by atoms with Crippen LogP contribution in [0.2, 0.25) is 0 Å². The first kappa shape index (κ1) is 38.7. The van der Waals surface area contributed by atoms with E-state index in [2.05, 4.69) is 81.6 Å². The van der Waals surface area contributed by atoms with Crippen LogP contribution in [0.15, 0.2) is 28.3 Å². The third kappa shape index (κ3) is 9.68. The summed E-state index contributed by atoms with van der Waals surface area (Å²) in [6.07, 6.45) is 2.05. The molecule has 0 aliphatic carbocycles. The summed E-state index contributed by atoms with van der Waals surface area (Å²) in [5, 5.41) is 6.40. The molecule has 6 unspecified atom stereocenters. The lowest BCUT2D eigenvalue weighted by atomic mass is 10.0. The lowest BCUT2D eigenvalue weighted by Gasteiger charge is -2.30. The fourth-order valence-corrected chi connectivity index (χ4v) is 7.61. The zero-order chi connectivity index (χ0) is 37.5. The van der Waals surface area contributed by atoms with Crippen molar-refractivity contribution in [3.05, 3.63) is 39.6 Å². The Balaban J connectivity index is 1.22. The normalized spacial score (nSPS) is 23.9. The Morgan fingerprint density at radius 1 is 1.02 bits per heavy atom. The maximum atomic E-state index is 13.5. The number of H-pyrrole nitrogens is 1. The van der Waals surface area contributed by atoms with Crippen molar-refractivity contribution >= 4 is 40.9 Å². The first-order chi connectivity index (χ1) is 24.8. The Kier molecular flexibility index (Phi) is 12.9. The van der Waals surface area contributed by atoms with Crippen molar-refractivity contribution < 1.29 is 23.9 Å². The molecule has 2 aromatic heterocycles. The number of rotatable bonds is 8. The van der Waals surface area contributed by atoms with E-state index in [-0.39, 0.29) is 53.7 Å². The van der Waals surface area contributed by atoms with Crippen molar-refractivity contribution in [2.45, 2.75) is 78.7 Å². The third-order valence-corrected chi connectivity index (χ3v) is 10.5. The summed E-state index contributed by atoms with van der Waals surface area (Å²) in [4.78, 5) is 60.2. The van der Waals surface area contributed by atoms with Gasteiger partial charge in [-0.15, -0.1) is 11.3 Å². The Hall–Kier alpha value is -4.50. The lowest BCUT2D eigenvalue weighted by Crippen LogP contribution is -2.49. The predicted molar refractivity (Wildman–Crippen MR) is 201 cm³/mol. The van der Waals surface area contributed by atoms with E-state index in [0.29, 0.717) is 25.6 Å². The summed E-state index contributed by atoms with van der Waals surface area (Å²) in [7, 11) is 2.63. The fourth-order valence-electron chi connectivity index (χ4n) is 6.90. The summed E-state index contributed by atoms with van der Waals surface area (Å²) in [6.45, 7) is 14.9. The van der Waals surface area contributed by atoms with E-state index in [0.717, 1.165) is 46.4 Å². The molecular formula is C38H50N8O5S. The first-order valence-corrected chi connectivity index (χ1v) is 18.7. The highest BCUT2D eigenvalue weighted by molar-refractivity contribution is 7.13. The van der Waals surface area contributed by atoms with E-state index in [1.807, 2.05) is 26.0 Å². The van der Waals surface area contributed by atoms with E-state index in [1.165, 1.54) is 25.6 Å². The second-order valence-corrected chi connectivity index (χ2v) is 15.6. The summed E-state index contributed by atoms with van der Waals surface area (Å²) in [5.41, 5.74) is 1.66. The van der Waals surface area contributed by atoms with Crippen LogP contribution >= 0.6 is 11.3 Å². The van der Waals surface area contributed by atoms with Gasteiger partial charge in [0.2, 0.25) is 0 Å². The van der Waals surface area contributed by atoms with Crippen LogP contribution in [0.5, 0.6) is 0 Å². The number of nitrogens with zero attached hydrogens (tertiary/aromatic N) is 5. The fraction of sp³-hybridized carbons (Fsp3) is 0.579. The van der Waals surface area contributed by atoms with Crippen LogP contribution in [0.3, 0.4) is 0 Å². The maximum absolute atomic E-state index is 13.5. The van der Waals surface area contributed by atoms with Crippen molar-refractivity contribution in [3.63, 3.8) is 0 Å². The Bertz CT molecular complexity index is 1810. The molecule has 0 aromatic carbocycles. The third-order valence-electron chi connectivity index (χ3n) is 9.61. The molecule has 3 amide bonds. The van der Waals surface area contributed by atoms with Gasteiger partial charge in [0.05, 0.1) is 42.3 Å². The minimum absolute atomic E-state index is 0.0416. The number of methoxy groups -OCH3 is 2. The minimum Gasteiger partial charge on any atom is -0.453 e. The molecule has 6 atom stereocenters. The van der Waals surface area contributed by atoms with Crippen molar-refractivity contribution in [1.29, 1.82) is 0 Å². The zero-order valence-electron chi connectivity index (χ0n) is 31.3. The number of imidazole rings is 1. The van der Waals surface area contributed by atoms with E-state index >= 15 is 0 Å². The van der Waals surface area contributed by atoms with Crippen LogP contribution in [-0.4, -0.2) is 108 Å². The molecule has 2 aromatic rings. The van der Waals surface area contributed by atoms with Gasteiger partial charge in [-0.05, 0) is 66.4 Å². The number of aromatic nitrogens is 2. The highest BCUT2D eigenvalue weighted by atomic mass is 32.1.